The molecular formula is C11H24N2O6P2. The molecule has 1 aliphatic carbocycles. The monoisotopic (exact) mass is 342 g/mol. The van der Waals surface area contributed by atoms with Crippen LogP contribution in [0.3, 0.4) is 0 Å². The zero-order valence-electron chi connectivity index (χ0n) is 12.0. The number of aliphatic imine (C=N–C) groups is 1. The summed E-state index contributed by atoms with van der Waals surface area (Å²) >= 11 is 0. The summed E-state index contributed by atoms with van der Waals surface area (Å²) in [6.45, 7) is 1.68. The van der Waals surface area contributed by atoms with Gasteiger partial charge in [0, 0.05) is 0 Å². The number of amidine groups is 1. The first-order chi connectivity index (χ1) is 9.51. The van der Waals surface area contributed by atoms with Crippen LogP contribution in [-0.4, -0.2) is 36.9 Å². The van der Waals surface area contributed by atoms with E-state index in [1.54, 1.807) is 6.92 Å². The molecule has 0 radical (unpaired) electrons. The second kappa shape index (κ2) is 7.36. The van der Waals surface area contributed by atoms with E-state index in [4.69, 9.17) is 25.3 Å². The molecule has 124 valence electrons. The van der Waals surface area contributed by atoms with Crippen molar-refractivity contribution in [2.24, 2.45) is 16.6 Å². The molecule has 0 aliphatic heterocycles. The Kier molecular flexibility index (Phi) is 6.59. The molecular weight excluding hydrogens is 318 g/mol. The highest BCUT2D eigenvalue weighted by Crippen LogP contribution is 2.62. The molecule has 2 unspecified atom stereocenters. The highest BCUT2D eigenvalue weighted by molar-refractivity contribution is 7.70. The third-order valence-electron chi connectivity index (χ3n) is 3.81. The highest BCUT2D eigenvalue weighted by Gasteiger charge is 2.43. The van der Waals surface area contributed by atoms with Crippen LogP contribution in [0.2, 0.25) is 0 Å². The maximum Gasteiger partial charge on any atom is 0.340 e. The molecule has 1 rings (SSSR count). The second-order valence-corrected chi connectivity index (χ2v) is 9.63. The van der Waals surface area contributed by atoms with Crippen molar-refractivity contribution in [3.8, 4) is 0 Å². The number of hydrogen-bond donors (Lipinski definition) is 5. The molecule has 6 N–H and O–H groups in total. The molecule has 0 bridgehead atoms. The molecule has 8 nitrogen and oxygen atoms in total. The van der Waals surface area contributed by atoms with E-state index in [1.807, 2.05) is 0 Å². The Morgan fingerprint density at radius 3 is 2.19 bits per heavy atom. The van der Waals surface area contributed by atoms with Gasteiger partial charge in [0.1, 0.15) is 0 Å². The summed E-state index contributed by atoms with van der Waals surface area (Å²) in [5, 5.41) is -1.92. The Morgan fingerprint density at radius 1 is 1.19 bits per heavy atom. The summed E-state index contributed by atoms with van der Waals surface area (Å²) < 4.78 is 22.5. The lowest BCUT2D eigenvalue weighted by Crippen LogP contribution is -2.26. The minimum absolute atomic E-state index is 0.0297. The van der Waals surface area contributed by atoms with Crippen molar-refractivity contribution >= 4 is 21.0 Å². The van der Waals surface area contributed by atoms with Gasteiger partial charge in [-0.15, -0.1) is 0 Å². The van der Waals surface area contributed by atoms with Crippen molar-refractivity contribution in [2.45, 2.75) is 56.9 Å². The van der Waals surface area contributed by atoms with Crippen molar-refractivity contribution in [1.82, 2.24) is 0 Å². The molecule has 0 spiro atoms. The maximum absolute atomic E-state index is 11.3. The standard InChI is InChI=1S/C11H24N2O6P2/c1-8(12)13-10-5-3-2-4-9(10)6-7-11(20(14,15)16)21(17,18)19/h9-11H,2-7H2,1H3,(H2,12,13)(H2,14,15,16)(H2,17,18,19). The largest absolute Gasteiger partial charge is 0.388 e. The fraction of sp³-hybridized carbons (Fsp3) is 0.909. The zero-order valence-corrected chi connectivity index (χ0v) is 13.8. The molecule has 1 saturated carbocycles. The van der Waals surface area contributed by atoms with Gasteiger partial charge in [-0.3, -0.25) is 14.1 Å². The van der Waals surface area contributed by atoms with E-state index < -0.39 is 20.6 Å². The predicted octanol–water partition coefficient (Wildman–Crippen LogP) is 1.38. The quantitative estimate of drug-likeness (QED) is 0.277. The molecule has 0 saturated heterocycles. The van der Waals surface area contributed by atoms with E-state index in [0.717, 1.165) is 25.7 Å². The summed E-state index contributed by atoms with van der Waals surface area (Å²) in [6.07, 6.45) is 3.78. The third kappa shape index (κ3) is 6.19. The zero-order chi connectivity index (χ0) is 16.3. The second-order valence-electron chi connectivity index (χ2n) is 5.62. The molecule has 1 fully saturated rings. The van der Waals surface area contributed by atoms with Crippen LogP contribution < -0.4 is 5.73 Å². The lowest BCUT2D eigenvalue weighted by molar-refractivity contribution is 0.279. The van der Waals surface area contributed by atoms with Crippen LogP contribution in [0.5, 0.6) is 0 Å². The molecule has 0 heterocycles. The van der Waals surface area contributed by atoms with E-state index in [0.29, 0.717) is 12.3 Å². The van der Waals surface area contributed by atoms with Gasteiger partial charge in [0.15, 0.2) is 5.40 Å². The van der Waals surface area contributed by atoms with Crippen LogP contribution in [0.4, 0.5) is 0 Å². The predicted molar refractivity (Wildman–Crippen MR) is 80.2 cm³/mol. The Morgan fingerprint density at radius 2 is 1.71 bits per heavy atom. The fourth-order valence-corrected chi connectivity index (χ4v) is 5.39. The van der Waals surface area contributed by atoms with Crippen LogP contribution in [0, 0.1) is 5.92 Å². The van der Waals surface area contributed by atoms with Crippen LogP contribution in [0.15, 0.2) is 4.99 Å². The summed E-state index contributed by atoms with van der Waals surface area (Å²) in [5.74, 6) is 0.506. The first-order valence-corrected chi connectivity index (χ1v) is 10.3. The van der Waals surface area contributed by atoms with Crippen molar-refractivity contribution in [2.75, 3.05) is 0 Å². The highest BCUT2D eigenvalue weighted by atomic mass is 31.2. The van der Waals surface area contributed by atoms with Crippen molar-refractivity contribution in [1.29, 1.82) is 0 Å². The van der Waals surface area contributed by atoms with Gasteiger partial charge in [0.05, 0.1) is 11.9 Å². The smallest absolute Gasteiger partial charge is 0.340 e. The Bertz CT molecular complexity index is 445. The molecule has 0 aromatic rings. The lowest BCUT2D eigenvalue weighted by atomic mass is 9.82. The van der Waals surface area contributed by atoms with E-state index in [9.17, 15) is 9.13 Å². The van der Waals surface area contributed by atoms with Crippen molar-refractivity contribution < 1.29 is 28.7 Å². The van der Waals surface area contributed by atoms with Gasteiger partial charge in [-0.2, -0.15) is 0 Å². The van der Waals surface area contributed by atoms with E-state index >= 15 is 0 Å². The van der Waals surface area contributed by atoms with Gasteiger partial charge >= 0.3 is 15.2 Å². The Balaban J connectivity index is 2.76. The van der Waals surface area contributed by atoms with Crippen LogP contribution >= 0.6 is 15.2 Å². The van der Waals surface area contributed by atoms with Crippen molar-refractivity contribution in [3.63, 3.8) is 0 Å². The molecule has 0 amide bonds. The molecule has 1 aliphatic rings. The van der Waals surface area contributed by atoms with Gasteiger partial charge in [0.25, 0.3) is 0 Å². The SMILES string of the molecule is CC(N)=NC1CCCCC1CCC(P(=O)(O)O)P(=O)(O)O. The number of rotatable bonds is 6. The molecule has 0 aromatic heterocycles. The van der Waals surface area contributed by atoms with Crippen molar-refractivity contribution in [3.05, 3.63) is 0 Å². The molecule has 0 aromatic carbocycles. The van der Waals surface area contributed by atoms with E-state index in [1.165, 1.54) is 0 Å². The number of hydrogen-bond acceptors (Lipinski definition) is 3. The number of nitrogens with two attached hydrogens (primary N) is 1. The molecule has 21 heavy (non-hydrogen) atoms. The van der Waals surface area contributed by atoms with Crippen LogP contribution in [-0.2, 0) is 9.13 Å². The van der Waals surface area contributed by atoms with E-state index in [-0.39, 0.29) is 18.4 Å². The first kappa shape index (κ1) is 18.8. The summed E-state index contributed by atoms with van der Waals surface area (Å²) in [6, 6.07) is -0.0297. The first-order valence-electron chi connectivity index (χ1n) is 6.92. The van der Waals surface area contributed by atoms with Gasteiger partial charge in [-0.25, -0.2) is 0 Å². The van der Waals surface area contributed by atoms with Crippen LogP contribution in [0.1, 0.15) is 45.4 Å². The number of nitrogens with zero attached hydrogens (tertiary/aromatic N) is 1. The van der Waals surface area contributed by atoms with Gasteiger partial charge in [0.2, 0.25) is 0 Å². The van der Waals surface area contributed by atoms with E-state index in [2.05, 4.69) is 4.99 Å². The van der Waals surface area contributed by atoms with Crippen LogP contribution in [0.25, 0.3) is 0 Å². The van der Waals surface area contributed by atoms with Gasteiger partial charge in [-0.1, -0.05) is 12.8 Å². The minimum Gasteiger partial charge on any atom is -0.388 e. The normalized spacial score (nSPS) is 25.3. The Labute approximate surface area is 124 Å². The van der Waals surface area contributed by atoms with Gasteiger partial charge in [-0.05, 0) is 38.5 Å². The molecule has 10 heteroatoms. The lowest BCUT2D eigenvalue weighted by Gasteiger charge is -2.30. The average Bonchev–Trinajstić information content (AvgIpc) is 2.27. The minimum atomic E-state index is -4.84. The third-order valence-corrected chi connectivity index (χ3v) is 7.69. The fourth-order valence-electron chi connectivity index (χ4n) is 2.85. The topological polar surface area (TPSA) is 153 Å². The maximum atomic E-state index is 11.3. The Hall–Kier alpha value is -0.230. The molecule has 2 atom stereocenters. The average molecular weight is 342 g/mol. The summed E-state index contributed by atoms with van der Waals surface area (Å²) in [5.41, 5.74) is 5.58. The van der Waals surface area contributed by atoms with Gasteiger partial charge < -0.3 is 25.3 Å². The summed E-state index contributed by atoms with van der Waals surface area (Å²) in [4.78, 5) is 40.8. The summed E-state index contributed by atoms with van der Waals surface area (Å²) in [7, 11) is -9.67.